The number of Topliss-reactive ketones (excluding diaryl/α,β-unsaturated/α-hetero) is 1. The number of rotatable bonds is 8. The summed E-state index contributed by atoms with van der Waals surface area (Å²) in [4.78, 5) is 43.1. The van der Waals surface area contributed by atoms with Crippen molar-refractivity contribution in [3.8, 4) is 0 Å². The van der Waals surface area contributed by atoms with E-state index >= 15 is 0 Å². The Morgan fingerprint density at radius 3 is 2.48 bits per heavy atom. The fraction of sp³-hybridized carbons (Fsp3) is 0.345. The molecule has 2 amide bonds. The molecule has 4 rings (SSSR count). The Kier molecular flexibility index (Phi) is 8.34. The van der Waals surface area contributed by atoms with Crippen molar-refractivity contribution in [2.75, 3.05) is 20.1 Å². The third-order valence-electron chi connectivity index (χ3n) is 7.10. The van der Waals surface area contributed by atoms with Gasteiger partial charge in [-0.15, -0.1) is 0 Å². The number of amides is 2. The second-order valence-corrected chi connectivity index (χ2v) is 10.3. The third kappa shape index (κ3) is 6.20. The van der Waals surface area contributed by atoms with Gasteiger partial charge in [0.2, 0.25) is 5.78 Å². The molecule has 2 saturated heterocycles. The van der Waals surface area contributed by atoms with Crippen molar-refractivity contribution in [2.45, 2.75) is 44.6 Å². The number of allylic oxidation sites excluding steroid dienone is 1. The van der Waals surface area contributed by atoms with Crippen LogP contribution >= 0.6 is 0 Å². The van der Waals surface area contributed by atoms with Gasteiger partial charge in [-0.2, -0.15) is 0 Å². The normalized spacial score (nSPS) is 21.9. The number of ether oxygens (including phenoxy) is 1. The number of likely N-dealkylation sites (N-methyl/N-ethyl adjacent to an activating group) is 1. The van der Waals surface area contributed by atoms with Crippen molar-refractivity contribution in [1.82, 2.24) is 15.1 Å². The molecule has 0 saturated carbocycles. The van der Waals surface area contributed by atoms with E-state index < -0.39 is 64.1 Å². The molecule has 11 heteroatoms. The van der Waals surface area contributed by atoms with Crippen molar-refractivity contribution in [1.29, 1.82) is 0 Å². The molecule has 212 valence electrons. The number of piperazine rings is 1. The first-order chi connectivity index (χ1) is 18.9. The number of carbonyl (C=O) groups excluding carboxylic acids is 3. The Balaban J connectivity index is 1.64. The Morgan fingerprint density at radius 1 is 1.18 bits per heavy atom. The Labute approximate surface area is 229 Å². The van der Waals surface area contributed by atoms with Gasteiger partial charge in [0, 0.05) is 50.4 Å². The third-order valence-corrected chi connectivity index (χ3v) is 7.10. The number of carbonyl (C=O) groups is 3. The average molecular weight is 558 g/mol. The summed E-state index contributed by atoms with van der Waals surface area (Å²) >= 11 is 0. The van der Waals surface area contributed by atoms with Crippen molar-refractivity contribution < 1.29 is 37.4 Å². The molecule has 0 unspecified atom stereocenters. The van der Waals surface area contributed by atoms with E-state index in [1.165, 1.54) is 4.90 Å². The number of hydrogen-bond acceptors (Lipinski definition) is 6. The predicted molar refractivity (Wildman–Crippen MR) is 139 cm³/mol. The van der Waals surface area contributed by atoms with Crippen LogP contribution in [0.4, 0.5) is 13.2 Å². The topological polar surface area (TPSA) is 99.2 Å². The lowest BCUT2D eigenvalue weighted by Gasteiger charge is -2.41. The number of nitrogens with one attached hydrogen (secondary N) is 1. The maximum absolute atomic E-state index is 14.0. The van der Waals surface area contributed by atoms with E-state index in [-0.39, 0.29) is 24.9 Å². The predicted octanol–water partition coefficient (Wildman–Crippen LogP) is 2.96. The number of hydrogen-bond donors (Lipinski definition) is 2. The molecule has 2 aliphatic heterocycles. The molecule has 2 heterocycles. The van der Waals surface area contributed by atoms with E-state index in [2.05, 4.69) is 11.9 Å². The largest absolute Gasteiger partial charge is 0.483 e. The summed E-state index contributed by atoms with van der Waals surface area (Å²) in [5.74, 6) is -6.53. The highest BCUT2D eigenvalue weighted by molar-refractivity contribution is 6.25. The summed E-state index contributed by atoms with van der Waals surface area (Å²) in [6.07, 6.45) is 0.964. The molecule has 2 N–H and O–H groups in total. The van der Waals surface area contributed by atoms with Crippen LogP contribution < -0.4 is 5.32 Å². The fourth-order valence-electron chi connectivity index (χ4n) is 4.82. The van der Waals surface area contributed by atoms with Crippen LogP contribution in [0.5, 0.6) is 0 Å². The van der Waals surface area contributed by atoms with Crippen LogP contribution in [0.25, 0.3) is 0 Å². The van der Waals surface area contributed by atoms with Gasteiger partial charge in [-0.1, -0.05) is 36.9 Å². The maximum atomic E-state index is 14.0. The molecule has 8 nitrogen and oxygen atoms in total. The van der Waals surface area contributed by atoms with E-state index in [1.807, 2.05) is 0 Å². The van der Waals surface area contributed by atoms with Crippen LogP contribution in [-0.4, -0.2) is 64.3 Å². The SMILES string of the molecule is C=C(C(=O)NCc1c(F)cc(F)cc1F)C(=O)/C(OCc1ccccc1)=C1/C(=O)N2C[C@H](CC[C@@](C)(O)C2)N1C. The summed E-state index contributed by atoms with van der Waals surface area (Å²) in [6, 6.07) is 9.58. The summed E-state index contributed by atoms with van der Waals surface area (Å²) in [5, 5.41) is 12.9. The van der Waals surface area contributed by atoms with Crippen molar-refractivity contribution in [2.24, 2.45) is 0 Å². The lowest BCUT2D eigenvalue weighted by molar-refractivity contribution is -0.136. The van der Waals surface area contributed by atoms with Gasteiger partial charge in [-0.25, -0.2) is 13.2 Å². The van der Waals surface area contributed by atoms with Gasteiger partial charge in [0.05, 0.1) is 11.2 Å². The first kappa shape index (κ1) is 28.9. The van der Waals surface area contributed by atoms with Crippen LogP contribution in [0.2, 0.25) is 0 Å². The summed E-state index contributed by atoms with van der Waals surface area (Å²) in [5.41, 5.74) is -1.74. The van der Waals surface area contributed by atoms with E-state index in [0.29, 0.717) is 37.1 Å². The number of ketones is 1. The van der Waals surface area contributed by atoms with E-state index in [9.17, 15) is 32.7 Å². The summed E-state index contributed by atoms with van der Waals surface area (Å²) in [6.45, 7) is 4.81. The molecule has 2 fully saturated rings. The summed E-state index contributed by atoms with van der Waals surface area (Å²) < 4.78 is 47.2. The first-order valence-corrected chi connectivity index (χ1v) is 12.7. The second kappa shape index (κ2) is 11.5. The van der Waals surface area contributed by atoms with Crippen LogP contribution in [0, 0.1) is 17.5 Å². The Morgan fingerprint density at radius 2 is 1.82 bits per heavy atom. The van der Waals surface area contributed by atoms with Gasteiger partial charge in [0.25, 0.3) is 11.8 Å². The molecule has 2 aliphatic rings. The number of fused-ring (bicyclic) bond motifs is 2. The van der Waals surface area contributed by atoms with Gasteiger partial charge in [-0.3, -0.25) is 14.4 Å². The van der Waals surface area contributed by atoms with Crippen LogP contribution in [0.1, 0.15) is 30.9 Å². The number of halogens is 3. The minimum Gasteiger partial charge on any atom is -0.483 e. The minimum absolute atomic E-state index is 0.0516. The summed E-state index contributed by atoms with van der Waals surface area (Å²) in [7, 11) is 1.64. The molecule has 2 atom stereocenters. The molecular weight excluding hydrogens is 527 g/mol. The molecule has 0 spiro atoms. The molecule has 0 aromatic heterocycles. The first-order valence-electron chi connectivity index (χ1n) is 12.7. The zero-order valence-corrected chi connectivity index (χ0v) is 22.2. The van der Waals surface area contributed by atoms with Gasteiger partial charge in [0.1, 0.15) is 29.8 Å². The number of benzene rings is 2. The average Bonchev–Trinajstić information content (AvgIpc) is 3.05. The van der Waals surface area contributed by atoms with Gasteiger partial charge in [0.15, 0.2) is 5.76 Å². The molecule has 2 aromatic carbocycles. The highest BCUT2D eigenvalue weighted by Gasteiger charge is 2.44. The van der Waals surface area contributed by atoms with Crippen LogP contribution in [0.3, 0.4) is 0 Å². The van der Waals surface area contributed by atoms with Gasteiger partial charge < -0.3 is 25.0 Å². The molecule has 40 heavy (non-hydrogen) atoms. The zero-order valence-electron chi connectivity index (χ0n) is 22.2. The highest BCUT2D eigenvalue weighted by atomic mass is 19.1. The van der Waals surface area contributed by atoms with E-state index in [4.69, 9.17) is 4.74 Å². The lowest BCUT2D eigenvalue weighted by Crippen LogP contribution is -2.54. The maximum Gasteiger partial charge on any atom is 0.274 e. The monoisotopic (exact) mass is 557 g/mol. The van der Waals surface area contributed by atoms with Crippen molar-refractivity contribution >= 4 is 17.6 Å². The zero-order chi connectivity index (χ0) is 29.2. The van der Waals surface area contributed by atoms with Crippen LogP contribution in [-0.2, 0) is 32.3 Å². The van der Waals surface area contributed by atoms with Crippen LogP contribution in [0.15, 0.2) is 66.1 Å². The molecule has 0 aliphatic carbocycles. The fourth-order valence-corrected chi connectivity index (χ4v) is 4.82. The molecule has 2 bridgehead atoms. The second-order valence-electron chi connectivity index (χ2n) is 10.3. The van der Waals surface area contributed by atoms with E-state index in [1.54, 1.807) is 49.2 Å². The van der Waals surface area contributed by atoms with Crippen molar-refractivity contribution in [3.05, 3.63) is 94.7 Å². The quantitative estimate of drug-likeness (QED) is 0.224. The number of aliphatic hydroxyl groups is 1. The smallest absolute Gasteiger partial charge is 0.274 e. The minimum atomic E-state index is -1.20. The molecular formula is C29H30F3N3O5. The van der Waals surface area contributed by atoms with Crippen molar-refractivity contribution in [3.63, 3.8) is 0 Å². The highest BCUT2D eigenvalue weighted by Crippen LogP contribution is 2.32. The van der Waals surface area contributed by atoms with Gasteiger partial charge in [-0.05, 0) is 25.3 Å². The van der Waals surface area contributed by atoms with Gasteiger partial charge >= 0.3 is 0 Å². The Bertz CT molecular complexity index is 1350. The lowest BCUT2D eigenvalue weighted by atomic mass is 9.99. The standard InChI is InChI=1S/C29H30F3N3O5/c1-17(27(37)33-13-21-22(31)11-19(30)12-23(21)32)25(36)26(40-15-18-7-5-4-6-8-18)24-28(38)35-14-20(34(24)3)9-10-29(2,39)16-35/h4-8,11-12,20,39H,1,9-10,13-16H2,2-3H3,(H,33,37)/b26-24+/t20-,29+/m0/s1. The molecule has 0 radical (unpaired) electrons. The van der Waals surface area contributed by atoms with E-state index in [0.717, 1.165) is 0 Å². The Hall–Kier alpha value is -4.12. The number of nitrogens with zero attached hydrogens (tertiary/aromatic N) is 2. The molecule has 2 aromatic rings.